The Kier molecular flexibility index (Phi) is 6.15. The lowest BCUT2D eigenvalue weighted by atomic mass is 9.99. The number of nitrogens with two attached hydrogens (primary N) is 1. The average Bonchev–Trinajstić information content (AvgIpc) is 3.14. The van der Waals surface area contributed by atoms with E-state index in [1.165, 1.54) is 4.68 Å². The van der Waals surface area contributed by atoms with E-state index in [2.05, 4.69) is 10.3 Å². The van der Waals surface area contributed by atoms with Crippen LogP contribution in [-0.4, -0.2) is 40.5 Å². The molecule has 0 atom stereocenters. The van der Waals surface area contributed by atoms with Crippen LogP contribution in [-0.2, 0) is 11.3 Å². The molecule has 3 aromatic rings. The van der Waals surface area contributed by atoms with E-state index in [-0.39, 0.29) is 30.1 Å². The second-order valence-corrected chi connectivity index (χ2v) is 6.89. The number of carbonyl (C=O) groups excluding carboxylic acids is 2. The van der Waals surface area contributed by atoms with Crippen molar-refractivity contribution in [3.63, 3.8) is 0 Å². The molecule has 0 saturated carbocycles. The highest BCUT2D eigenvalue weighted by atomic mass is 16.5. The number of nitrogens with zero attached hydrogens (tertiary/aromatic N) is 3. The maximum absolute atomic E-state index is 13.2. The monoisotopic (exact) mass is 408 g/mol. The summed E-state index contributed by atoms with van der Waals surface area (Å²) in [5.41, 5.74) is 9.20. The van der Waals surface area contributed by atoms with Crippen molar-refractivity contribution in [2.24, 2.45) is 0 Å². The molecule has 0 fully saturated rings. The number of esters is 1. The van der Waals surface area contributed by atoms with Crippen LogP contribution in [0.15, 0.2) is 36.4 Å². The van der Waals surface area contributed by atoms with Crippen LogP contribution in [0.1, 0.15) is 50.2 Å². The summed E-state index contributed by atoms with van der Waals surface area (Å²) in [5, 5.41) is 8.06. The van der Waals surface area contributed by atoms with Gasteiger partial charge in [-0.25, -0.2) is 9.48 Å². The van der Waals surface area contributed by atoms with Gasteiger partial charge in [0, 0.05) is 11.3 Å². The van der Waals surface area contributed by atoms with E-state index in [4.69, 9.17) is 15.2 Å². The van der Waals surface area contributed by atoms with Crippen LogP contribution in [0.25, 0.3) is 0 Å². The van der Waals surface area contributed by atoms with Gasteiger partial charge in [-0.05, 0) is 55.7 Å². The zero-order valence-electron chi connectivity index (χ0n) is 17.4. The number of aryl methyl sites for hydroxylation is 2. The van der Waals surface area contributed by atoms with Crippen molar-refractivity contribution in [3.8, 4) is 5.75 Å². The first-order valence-electron chi connectivity index (χ1n) is 9.50. The summed E-state index contributed by atoms with van der Waals surface area (Å²) >= 11 is 0. The minimum Gasteiger partial charge on any atom is -0.497 e. The predicted molar refractivity (Wildman–Crippen MR) is 112 cm³/mol. The summed E-state index contributed by atoms with van der Waals surface area (Å²) in [7, 11) is 1.59. The minimum atomic E-state index is -0.665. The number of hydrogen-bond donors (Lipinski definition) is 1. The zero-order valence-corrected chi connectivity index (χ0v) is 17.4. The van der Waals surface area contributed by atoms with Crippen molar-refractivity contribution in [2.75, 3.05) is 19.5 Å². The van der Waals surface area contributed by atoms with Gasteiger partial charge in [0.1, 0.15) is 5.75 Å². The maximum atomic E-state index is 13.2. The Morgan fingerprint density at radius 3 is 2.47 bits per heavy atom. The fourth-order valence-electron chi connectivity index (χ4n) is 3.18. The number of nitrogen functional groups attached to an aromatic ring is 1. The second-order valence-electron chi connectivity index (χ2n) is 6.89. The largest absolute Gasteiger partial charge is 0.497 e. The van der Waals surface area contributed by atoms with Crippen molar-refractivity contribution >= 4 is 17.4 Å². The lowest BCUT2D eigenvalue weighted by Gasteiger charge is -2.10. The molecular weight excluding hydrogens is 384 g/mol. The van der Waals surface area contributed by atoms with Crippen LogP contribution in [0.3, 0.4) is 0 Å². The third kappa shape index (κ3) is 4.17. The summed E-state index contributed by atoms with van der Waals surface area (Å²) in [6.07, 6.45) is 0. The first kappa shape index (κ1) is 21.0. The molecule has 1 aromatic heterocycles. The summed E-state index contributed by atoms with van der Waals surface area (Å²) in [5.74, 6) is -0.422. The molecule has 0 unspecified atom stereocenters. The molecule has 1 heterocycles. The standard InChI is InChI=1S/C22H24N4O4/c1-5-30-22(28)20-19(21(27)17-11-13(2)10-14(3)18(17)23)24-25-26(20)12-15-6-8-16(29-4)9-7-15/h6-11H,5,12,23H2,1-4H3. The van der Waals surface area contributed by atoms with Gasteiger partial charge in [0.25, 0.3) is 0 Å². The van der Waals surface area contributed by atoms with E-state index < -0.39 is 11.8 Å². The SMILES string of the molecule is CCOC(=O)c1c(C(=O)c2cc(C)cc(C)c2N)nnn1Cc1ccc(OC)cc1. The molecule has 8 heteroatoms. The van der Waals surface area contributed by atoms with Crippen molar-refractivity contribution in [1.29, 1.82) is 0 Å². The van der Waals surface area contributed by atoms with Crippen LogP contribution in [0.4, 0.5) is 5.69 Å². The number of ketones is 1. The number of anilines is 1. The Morgan fingerprint density at radius 1 is 1.13 bits per heavy atom. The Balaban J connectivity index is 2.04. The third-order valence-corrected chi connectivity index (χ3v) is 4.69. The first-order valence-corrected chi connectivity index (χ1v) is 9.50. The normalized spacial score (nSPS) is 10.7. The van der Waals surface area contributed by atoms with E-state index in [0.717, 1.165) is 16.7 Å². The van der Waals surface area contributed by atoms with Crippen molar-refractivity contribution in [2.45, 2.75) is 27.3 Å². The molecule has 0 aliphatic rings. The van der Waals surface area contributed by atoms with Gasteiger partial charge in [0.2, 0.25) is 5.78 Å². The average molecular weight is 408 g/mol. The van der Waals surface area contributed by atoms with Gasteiger partial charge >= 0.3 is 5.97 Å². The van der Waals surface area contributed by atoms with Crippen molar-refractivity contribution in [1.82, 2.24) is 15.0 Å². The molecule has 0 aliphatic carbocycles. The maximum Gasteiger partial charge on any atom is 0.359 e. The predicted octanol–water partition coefficient (Wildman–Crippen LogP) is 2.94. The number of rotatable bonds is 7. The molecule has 0 saturated heterocycles. The minimum absolute atomic E-state index is 0.00349. The highest BCUT2D eigenvalue weighted by Gasteiger charge is 2.28. The van der Waals surface area contributed by atoms with E-state index in [1.54, 1.807) is 32.2 Å². The Bertz CT molecular complexity index is 1090. The summed E-state index contributed by atoms with van der Waals surface area (Å²) in [6.45, 7) is 5.79. The van der Waals surface area contributed by atoms with E-state index in [0.29, 0.717) is 11.4 Å². The van der Waals surface area contributed by atoms with Crippen LogP contribution < -0.4 is 10.5 Å². The third-order valence-electron chi connectivity index (χ3n) is 4.69. The van der Waals surface area contributed by atoms with Crippen LogP contribution in [0, 0.1) is 13.8 Å². The highest BCUT2D eigenvalue weighted by molar-refractivity contribution is 6.15. The van der Waals surface area contributed by atoms with Gasteiger partial charge in [-0.3, -0.25) is 4.79 Å². The second kappa shape index (κ2) is 8.77. The molecular formula is C22H24N4O4. The molecule has 30 heavy (non-hydrogen) atoms. The van der Waals surface area contributed by atoms with Gasteiger partial charge in [-0.15, -0.1) is 5.10 Å². The van der Waals surface area contributed by atoms with Gasteiger partial charge in [0.05, 0.1) is 20.3 Å². The molecule has 156 valence electrons. The zero-order chi connectivity index (χ0) is 21.8. The van der Waals surface area contributed by atoms with Crippen molar-refractivity contribution in [3.05, 3.63) is 70.0 Å². The van der Waals surface area contributed by atoms with Crippen molar-refractivity contribution < 1.29 is 19.1 Å². The quantitative estimate of drug-likeness (QED) is 0.364. The lowest BCUT2D eigenvalue weighted by Crippen LogP contribution is -2.18. The van der Waals surface area contributed by atoms with Crippen LogP contribution in [0.5, 0.6) is 5.75 Å². The van der Waals surface area contributed by atoms with Gasteiger partial charge in [-0.2, -0.15) is 0 Å². The Hall–Kier alpha value is -3.68. The first-order chi connectivity index (χ1) is 14.3. The Labute approximate surface area is 174 Å². The molecule has 3 rings (SSSR count). The molecule has 2 N–H and O–H groups in total. The van der Waals surface area contributed by atoms with Gasteiger partial charge in [0.15, 0.2) is 11.4 Å². The summed E-state index contributed by atoms with van der Waals surface area (Å²) < 4.78 is 11.7. The smallest absolute Gasteiger partial charge is 0.359 e. The molecule has 2 aromatic carbocycles. The number of methoxy groups -OCH3 is 1. The lowest BCUT2D eigenvalue weighted by molar-refractivity contribution is 0.0509. The number of hydrogen-bond acceptors (Lipinski definition) is 7. The van der Waals surface area contributed by atoms with E-state index >= 15 is 0 Å². The molecule has 0 bridgehead atoms. The molecule has 0 aliphatic heterocycles. The topological polar surface area (TPSA) is 109 Å². The summed E-state index contributed by atoms with van der Waals surface area (Å²) in [6, 6.07) is 10.9. The molecule has 0 spiro atoms. The molecule has 0 amide bonds. The fraction of sp³-hybridized carbons (Fsp3) is 0.273. The van der Waals surface area contributed by atoms with Crippen LogP contribution >= 0.6 is 0 Å². The van der Waals surface area contributed by atoms with Crippen LogP contribution in [0.2, 0.25) is 0 Å². The summed E-state index contributed by atoms with van der Waals surface area (Å²) in [4.78, 5) is 25.9. The number of benzene rings is 2. The van der Waals surface area contributed by atoms with Gasteiger partial charge < -0.3 is 15.2 Å². The number of ether oxygens (including phenoxy) is 2. The Morgan fingerprint density at radius 2 is 1.83 bits per heavy atom. The van der Waals surface area contributed by atoms with Gasteiger partial charge in [-0.1, -0.05) is 23.4 Å². The van der Waals surface area contributed by atoms with E-state index in [9.17, 15) is 9.59 Å². The number of carbonyl (C=O) groups is 2. The molecule has 8 nitrogen and oxygen atoms in total. The fourth-order valence-corrected chi connectivity index (χ4v) is 3.18. The molecule has 0 radical (unpaired) electrons. The number of aromatic nitrogens is 3. The highest BCUT2D eigenvalue weighted by Crippen LogP contribution is 2.24. The van der Waals surface area contributed by atoms with E-state index in [1.807, 2.05) is 32.0 Å².